The molecule has 1 aliphatic rings. The molecule has 36 heavy (non-hydrogen) atoms. The first-order valence-electron chi connectivity index (χ1n) is 11.6. The predicted octanol–water partition coefficient (Wildman–Crippen LogP) is 3.30. The monoisotopic (exact) mass is 489 g/mol. The van der Waals surface area contributed by atoms with Gasteiger partial charge in [-0.05, 0) is 50.2 Å². The third-order valence-corrected chi connectivity index (χ3v) is 6.38. The second-order valence-corrected chi connectivity index (χ2v) is 8.71. The molecule has 0 unspecified atom stereocenters. The lowest BCUT2D eigenvalue weighted by Crippen LogP contribution is -2.55. The quantitative estimate of drug-likeness (QED) is 0.424. The van der Waals surface area contributed by atoms with E-state index in [4.69, 9.17) is 13.9 Å². The molecule has 4 aromatic rings. The minimum Gasteiger partial charge on any atom is -0.493 e. The Morgan fingerprint density at radius 3 is 2.50 bits per heavy atom. The number of carbonyl (C=O) groups excluding carboxylic acids is 2. The maximum atomic E-state index is 13.4. The number of benzene rings is 1. The van der Waals surface area contributed by atoms with Gasteiger partial charge < -0.3 is 23.7 Å². The third kappa shape index (κ3) is 4.15. The van der Waals surface area contributed by atoms with Gasteiger partial charge in [-0.25, -0.2) is 9.50 Å². The summed E-state index contributed by atoms with van der Waals surface area (Å²) in [5.74, 6) is 1.85. The van der Waals surface area contributed by atoms with Gasteiger partial charge in [0.15, 0.2) is 28.6 Å². The van der Waals surface area contributed by atoms with Crippen LogP contribution in [0.15, 0.2) is 53.1 Å². The maximum Gasteiger partial charge on any atom is 0.289 e. The summed E-state index contributed by atoms with van der Waals surface area (Å²) in [7, 11) is 3.17. The van der Waals surface area contributed by atoms with Gasteiger partial charge in [-0.1, -0.05) is 0 Å². The van der Waals surface area contributed by atoms with Crippen LogP contribution in [-0.4, -0.2) is 76.1 Å². The van der Waals surface area contributed by atoms with Crippen LogP contribution in [0.25, 0.3) is 16.9 Å². The summed E-state index contributed by atoms with van der Waals surface area (Å²) in [5, 5.41) is 4.59. The number of amides is 2. The number of piperazine rings is 1. The molecule has 0 radical (unpaired) electrons. The molecule has 0 spiro atoms. The Bertz CT molecular complexity index is 1440. The number of nitrogens with zero attached hydrogens (tertiary/aromatic N) is 5. The molecule has 10 nitrogen and oxygen atoms in total. The minimum atomic E-state index is -0.202. The fraction of sp³-hybridized carbons (Fsp3) is 0.308. The van der Waals surface area contributed by atoms with E-state index >= 15 is 0 Å². The van der Waals surface area contributed by atoms with E-state index in [1.807, 2.05) is 31.2 Å². The zero-order valence-electron chi connectivity index (χ0n) is 20.6. The largest absolute Gasteiger partial charge is 0.493 e. The number of aromatic nitrogens is 3. The van der Waals surface area contributed by atoms with Gasteiger partial charge in [-0.15, -0.1) is 0 Å². The van der Waals surface area contributed by atoms with Crippen LogP contribution in [0.2, 0.25) is 0 Å². The highest BCUT2D eigenvalue weighted by molar-refractivity contribution is 5.94. The number of hydrogen-bond acceptors (Lipinski definition) is 7. The number of carbonyl (C=O) groups is 2. The van der Waals surface area contributed by atoms with Gasteiger partial charge >= 0.3 is 0 Å². The van der Waals surface area contributed by atoms with E-state index in [2.05, 4.69) is 10.1 Å². The molecule has 1 atom stereocenters. The van der Waals surface area contributed by atoms with Crippen molar-refractivity contribution in [3.05, 3.63) is 65.9 Å². The Kier molecular flexibility index (Phi) is 6.09. The Morgan fingerprint density at radius 2 is 1.81 bits per heavy atom. The summed E-state index contributed by atoms with van der Waals surface area (Å²) < 4.78 is 17.9. The van der Waals surface area contributed by atoms with Crippen LogP contribution in [0.4, 0.5) is 0 Å². The zero-order chi connectivity index (χ0) is 25.4. The maximum absolute atomic E-state index is 13.4. The second kappa shape index (κ2) is 9.37. The molecule has 5 rings (SSSR count). The summed E-state index contributed by atoms with van der Waals surface area (Å²) in [6, 6.07) is 12.4. The van der Waals surface area contributed by atoms with Gasteiger partial charge in [0.2, 0.25) is 0 Å². The van der Waals surface area contributed by atoms with Crippen molar-refractivity contribution in [1.82, 2.24) is 24.4 Å². The van der Waals surface area contributed by atoms with Crippen molar-refractivity contribution < 1.29 is 23.5 Å². The van der Waals surface area contributed by atoms with Crippen LogP contribution in [-0.2, 0) is 0 Å². The molecule has 1 saturated heterocycles. The van der Waals surface area contributed by atoms with Crippen molar-refractivity contribution in [3.8, 4) is 22.8 Å². The van der Waals surface area contributed by atoms with E-state index in [9.17, 15) is 9.59 Å². The molecule has 0 saturated carbocycles. The van der Waals surface area contributed by atoms with Gasteiger partial charge in [-0.2, -0.15) is 5.10 Å². The molecule has 1 aromatic carbocycles. The van der Waals surface area contributed by atoms with E-state index < -0.39 is 0 Å². The third-order valence-electron chi connectivity index (χ3n) is 6.38. The van der Waals surface area contributed by atoms with Gasteiger partial charge in [0, 0.05) is 43.5 Å². The summed E-state index contributed by atoms with van der Waals surface area (Å²) in [5.41, 5.74) is 2.46. The van der Waals surface area contributed by atoms with E-state index in [1.54, 1.807) is 59.9 Å². The average Bonchev–Trinajstić information content (AvgIpc) is 3.53. The molecule has 0 N–H and O–H groups in total. The van der Waals surface area contributed by atoms with Crippen molar-refractivity contribution in [2.75, 3.05) is 33.9 Å². The van der Waals surface area contributed by atoms with Crippen LogP contribution < -0.4 is 9.47 Å². The number of methoxy groups -OCH3 is 2. The molecule has 2 amide bonds. The van der Waals surface area contributed by atoms with Crippen LogP contribution in [0.1, 0.15) is 33.7 Å². The smallest absolute Gasteiger partial charge is 0.289 e. The van der Waals surface area contributed by atoms with E-state index in [0.29, 0.717) is 54.0 Å². The molecule has 10 heteroatoms. The fourth-order valence-electron chi connectivity index (χ4n) is 4.51. The highest BCUT2D eigenvalue weighted by Gasteiger charge is 2.32. The number of aryl methyl sites for hydroxylation is 1. The number of ether oxygens (including phenoxy) is 2. The van der Waals surface area contributed by atoms with E-state index in [-0.39, 0.29) is 17.9 Å². The lowest BCUT2D eigenvalue weighted by molar-refractivity contribution is 0.0392. The molecule has 186 valence electrons. The first kappa shape index (κ1) is 23.4. The lowest BCUT2D eigenvalue weighted by atomic mass is 10.1. The number of rotatable bonds is 5. The Hall–Kier alpha value is -4.34. The molecular formula is C26H27N5O5. The Balaban J connectivity index is 1.37. The molecular weight excluding hydrogens is 462 g/mol. The van der Waals surface area contributed by atoms with Crippen molar-refractivity contribution >= 4 is 17.5 Å². The standard InChI is InChI=1S/C26H27N5O5/c1-16-15-29(11-12-30(16)26(33)22-7-5-17(2)36-22)25(32)19-14-24-27-10-9-20(31(24)28-19)18-6-8-21(34-3)23(13-18)35-4/h5-10,13-14,16H,11-12,15H2,1-4H3/t16-/m0/s1. The van der Waals surface area contributed by atoms with Crippen LogP contribution in [0.5, 0.6) is 11.5 Å². The fourth-order valence-corrected chi connectivity index (χ4v) is 4.51. The van der Waals surface area contributed by atoms with Crippen molar-refractivity contribution in [1.29, 1.82) is 0 Å². The number of furan rings is 1. The van der Waals surface area contributed by atoms with Crippen LogP contribution in [0, 0.1) is 6.92 Å². The molecule has 0 bridgehead atoms. The van der Waals surface area contributed by atoms with Crippen LogP contribution >= 0.6 is 0 Å². The summed E-state index contributed by atoms with van der Waals surface area (Å²) in [4.78, 5) is 34.0. The first-order valence-corrected chi connectivity index (χ1v) is 11.6. The van der Waals surface area contributed by atoms with Gasteiger partial charge in [-0.3, -0.25) is 9.59 Å². The Morgan fingerprint density at radius 1 is 1.00 bits per heavy atom. The summed E-state index contributed by atoms with van der Waals surface area (Å²) in [6.45, 7) is 4.94. The highest BCUT2D eigenvalue weighted by Crippen LogP contribution is 2.32. The van der Waals surface area contributed by atoms with E-state index in [1.165, 1.54) is 0 Å². The SMILES string of the molecule is COc1ccc(-c2ccnc3cc(C(=O)N4CCN(C(=O)c5ccc(C)o5)[C@@H](C)C4)nn23)cc1OC. The van der Waals surface area contributed by atoms with Crippen molar-refractivity contribution in [2.45, 2.75) is 19.9 Å². The van der Waals surface area contributed by atoms with Gasteiger partial charge in [0.25, 0.3) is 11.8 Å². The predicted molar refractivity (Wildman–Crippen MR) is 131 cm³/mol. The van der Waals surface area contributed by atoms with Crippen LogP contribution in [0.3, 0.4) is 0 Å². The topological polar surface area (TPSA) is 102 Å². The molecule has 3 aromatic heterocycles. The van der Waals surface area contributed by atoms with E-state index in [0.717, 1.165) is 11.3 Å². The normalized spacial score (nSPS) is 15.8. The molecule has 0 aliphatic carbocycles. The first-order chi connectivity index (χ1) is 17.4. The summed E-state index contributed by atoms with van der Waals surface area (Å²) >= 11 is 0. The Labute approximate surface area is 208 Å². The minimum absolute atomic E-state index is 0.167. The summed E-state index contributed by atoms with van der Waals surface area (Å²) in [6.07, 6.45) is 1.68. The zero-order valence-corrected chi connectivity index (χ0v) is 20.6. The van der Waals surface area contributed by atoms with Gasteiger partial charge in [0.05, 0.1) is 19.9 Å². The van der Waals surface area contributed by atoms with Crippen molar-refractivity contribution in [3.63, 3.8) is 0 Å². The van der Waals surface area contributed by atoms with Crippen molar-refractivity contribution in [2.24, 2.45) is 0 Å². The molecule has 4 heterocycles. The van der Waals surface area contributed by atoms with Gasteiger partial charge in [0.1, 0.15) is 5.76 Å². The number of hydrogen-bond donors (Lipinski definition) is 0. The average molecular weight is 490 g/mol. The lowest BCUT2D eigenvalue weighted by Gasteiger charge is -2.39. The number of fused-ring (bicyclic) bond motifs is 1. The highest BCUT2D eigenvalue weighted by atomic mass is 16.5. The second-order valence-electron chi connectivity index (χ2n) is 8.71. The molecule has 1 aliphatic heterocycles. The molecule has 1 fully saturated rings.